The Morgan fingerprint density at radius 3 is 2.50 bits per heavy atom. The van der Waals surface area contributed by atoms with E-state index >= 15 is 0 Å². The number of benzene rings is 3. The Kier molecular flexibility index (Phi) is 5.30. The summed E-state index contributed by atoms with van der Waals surface area (Å²) in [5.41, 5.74) is 4.59. The number of nitrogens with zero attached hydrogens (tertiary/aromatic N) is 3. The van der Waals surface area contributed by atoms with E-state index in [1.165, 1.54) is 0 Å². The van der Waals surface area contributed by atoms with E-state index in [-0.39, 0.29) is 11.7 Å². The fourth-order valence-corrected chi connectivity index (χ4v) is 3.28. The first-order chi connectivity index (χ1) is 14.5. The van der Waals surface area contributed by atoms with Crippen LogP contribution in [0.1, 0.15) is 21.7 Å². The summed E-state index contributed by atoms with van der Waals surface area (Å²) in [4.78, 5) is 17.5. The predicted octanol–water partition coefficient (Wildman–Crippen LogP) is 4.81. The minimum atomic E-state index is -0.385. The van der Waals surface area contributed by atoms with Crippen LogP contribution in [0.25, 0.3) is 17.1 Å². The lowest BCUT2D eigenvalue weighted by Crippen LogP contribution is -2.14. The first-order valence-corrected chi connectivity index (χ1v) is 9.60. The fourth-order valence-electron chi connectivity index (χ4n) is 3.28. The summed E-state index contributed by atoms with van der Waals surface area (Å²) in [6.45, 7) is 4.07. The number of rotatable bonds is 5. The summed E-state index contributed by atoms with van der Waals surface area (Å²) in [7, 11) is 1.58. The van der Waals surface area contributed by atoms with Crippen LogP contribution in [0, 0.1) is 13.8 Å². The van der Waals surface area contributed by atoms with Gasteiger partial charge in [-0.05, 0) is 37.6 Å². The molecule has 0 unspecified atom stereocenters. The van der Waals surface area contributed by atoms with Crippen molar-refractivity contribution in [3.05, 3.63) is 89.7 Å². The van der Waals surface area contributed by atoms with Gasteiger partial charge in [0.2, 0.25) is 5.82 Å². The van der Waals surface area contributed by atoms with Crippen molar-refractivity contribution in [3.8, 4) is 22.8 Å². The van der Waals surface area contributed by atoms with Gasteiger partial charge in [-0.3, -0.25) is 4.79 Å². The summed E-state index contributed by atoms with van der Waals surface area (Å²) in [5, 5.41) is 7.39. The SMILES string of the molecule is COc1cccc(NC(=O)c2nc(-c3ccccc3)n(-c3ccc(C)cc3C)n2)c1. The number of amides is 1. The molecule has 0 saturated heterocycles. The van der Waals surface area contributed by atoms with Crippen molar-refractivity contribution >= 4 is 11.6 Å². The first kappa shape index (κ1) is 19.4. The van der Waals surface area contributed by atoms with Crippen LogP contribution in [0.3, 0.4) is 0 Å². The third-order valence-electron chi connectivity index (χ3n) is 4.75. The quantitative estimate of drug-likeness (QED) is 0.524. The fraction of sp³-hybridized carbons (Fsp3) is 0.125. The molecule has 0 spiro atoms. The van der Waals surface area contributed by atoms with Gasteiger partial charge < -0.3 is 10.1 Å². The summed E-state index contributed by atoms with van der Waals surface area (Å²) in [5.74, 6) is 0.977. The zero-order valence-corrected chi connectivity index (χ0v) is 17.1. The van der Waals surface area contributed by atoms with E-state index in [0.717, 1.165) is 22.4 Å². The lowest BCUT2D eigenvalue weighted by Gasteiger charge is -2.09. The number of anilines is 1. The van der Waals surface area contributed by atoms with Crippen LogP contribution < -0.4 is 10.1 Å². The topological polar surface area (TPSA) is 69.0 Å². The number of aromatic nitrogens is 3. The molecular weight excluding hydrogens is 376 g/mol. The molecule has 3 aromatic carbocycles. The zero-order valence-electron chi connectivity index (χ0n) is 17.1. The number of carbonyl (C=O) groups is 1. The lowest BCUT2D eigenvalue weighted by molar-refractivity contribution is 0.101. The van der Waals surface area contributed by atoms with E-state index in [2.05, 4.69) is 21.5 Å². The Hall–Kier alpha value is -3.93. The van der Waals surface area contributed by atoms with Gasteiger partial charge in [0.1, 0.15) is 5.75 Å². The second-order valence-electron chi connectivity index (χ2n) is 7.01. The van der Waals surface area contributed by atoms with Gasteiger partial charge in [0.05, 0.1) is 12.8 Å². The summed E-state index contributed by atoms with van der Waals surface area (Å²) < 4.78 is 6.94. The number of carbonyl (C=O) groups excluding carboxylic acids is 1. The van der Waals surface area contributed by atoms with E-state index in [9.17, 15) is 4.79 Å². The van der Waals surface area contributed by atoms with Crippen molar-refractivity contribution in [3.63, 3.8) is 0 Å². The predicted molar refractivity (Wildman–Crippen MR) is 117 cm³/mol. The normalized spacial score (nSPS) is 10.6. The molecule has 0 aliphatic heterocycles. The van der Waals surface area contributed by atoms with E-state index in [1.54, 1.807) is 23.9 Å². The van der Waals surface area contributed by atoms with Gasteiger partial charge in [-0.1, -0.05) is 54.1 Å². The smallest absolute Gasteiger partial charge is 0.295 e. The molecule has 1 N–H and O–H groups in total. The van der Waals surface area contributed by atoms with E-state index in [1.807, 2.05) is 68.4 Å². The number of nitrogens with one attached hydrogen (secondary N) is 1. The van der Waals surface area contributed by atoms with E-state index in [4.69, 9.17) is 4.74 Å². The van der Waals surface area contributed by atoms with Gasteiger partial charge in [0.15, 0.2) is 5.82 Å². The van der Waals surface area contributed by atoms with Gasteiger partial charge in [-0.25, -0.2) is 9.67 Å². The molecule has 1 amide bonds. The van der Waals surface area contributed by atoms with Crippen molar-refractivity contribution in [1.82, 2.24) is 14.8 Å². The highest BCUT2D eigenvalue weighted by molar-refractivity contribution is 6.02. The zero-order chi connectivity index (χ0) is 21.1. The highest BCUT2D eigenvalue weighted by Crippen LogP contribution is 2.24. The molecule has 6 nitrogen and oxygen atoms in total. The van der Waals surface area contributed by atoms with E-state index < -0.39 is 0 Å². The summed E-state index contributed by atoms with van der Waals surface area (Å²) in [6, 6.07) is 23.0. The molecule has 0 aliphatic carbocycles. The van der Waals surface area contributed by atoms with Crippen LogP contribution in [0.15, 0.2) is 72.8 Å². The maximum absolute atomic E-state index is 12.9. The van der Waals surface area contributed by atoms with Gasteiger partial charge in [0, 0.05) is 17.3 Å². The summed E-state index contributed by atoms with van der Waals surface area (Å²) in [6.07, 6.45) is 0. The Labute approximate surface area is 175 Å². The highest BCUT2D eigenvalue weighted by atomic mass is 16.5. The molecule has 0 fully saturated rings. The number of aryl methyl sites for hydroxylation is 2. The number of hydrogen-bond donors (Lipinski definition) is 1. The van der Waals surface area contributed by atoms with Crippen molar-refractivity contribution < 1.29 is 9.53 Å². The molecule has 1 heterocycles. The highest BCUT2D eigenvalue weighted by Gasteiger charge is 2.20. The third kappa shape index (κ3) is 3.93. The average Bonchev–Trinajstić information content (AvgIpc) is 3.20. The number of methoxy groups -OCH3 is 1. The van der Waals surface area contributed by atoms with Gasteiger partial charge in [-0.15, -0.1) is 5.10 Å². The molecule has 4 aromatic rings. The Balaban J connectivity index is 1.76. The molecule has 0 saturated carbocycles. The Bertz CT molecular complexity index is 1200. The molecule has 6 heteroatoms. The molecule has 0 atom stereocenters. The average molecular weight is 398 g/mol. The largest absolute Gasteiger partial charge is 0.497 e. The molecule has 150 valence electrons. The van der Waals surface area contributed by atoms with Crippen LogP contribution >= 0.6 is 0 Å². The van der Waals surface area contributed by atoms with Crippen molar-refractivity contribution in [2.24, 2.45) is 0 Å². The third-order valence-corrected chi connectivity index (χ3v) is 4.75. The first-order valence-electron chi connectivity index (χ1n) is 9.60. The molecule has 0 radical (unpaired) electrons. The maximum atomic E-state index is 12.9. The summed E-state index contributed by atoms with van der Waals surface area (Å²) >= 11 is 0. The van der Waals surface area contributed by atoms with Crippen LogP contribution in [0.5, 0.6) is 5.75 Å². The van der Waals surface area contributed by atoms with Crippen LogP contribution in [-0.4, -0.2) is 27.8 Å². The van der Waals surface area contributed by atoms with E-state index in [0.29, 0.717) is 17.3 Å². The molecule has 0 bridgehead atoms. The van der Waals surface area contributed by atoms with Crippen LogP contribution in [0.4, 0.5) is 5.69 Å². The lowest BCUT2D eigenvalue weighted by atomic mass is 10.1. The van der Waals surface area contributed by atoms with Gasteiger partial charge >= 0.3 is 0 Å². The standard InChI is InChI=1S/C24H22N4O2/c1-16-12-13-21(17(2)14-16)28-23(18-8-5-4-6-9-18)26-22(27-28)24(29)25-19-10-7-11-20(15-19)30-3/h4-15H,1-3H3,(H,25,29). The van der Waals surface area contributed by atoms with Crippen LogP contribution in [-0.2, 0) is 0 Å². The Morgan fingerprint density at radius 1 is 0.967 bits per heavy atom. The second-order valence-corrected chi connectivity index (χ2v) is 7.01. The molecule has 0 aliphatic rings. The number of ether oxygens (including phenoxy) is 1. The molecule has 1 aromatic heterocycles. The van der Waals surface area contributed by atoms with Crippen molar-refractivity contribution in [2.45, 2.75) is 13.8 Å². The van der Waals surface area contributed by atoms with Crippen molar-refractivity contribution in [1.29, 1.82) is 0 Å². The van der Waals surface area contributed by atoms with Gasteiger partial charge in [-0.2, -0.15) is 0 Å². The minimum absolute atomic E-state index is 0.0941. The Morgan fingerprint density at radius 2 is 1.77 bits per heavy atom. The molecular formula is C24H22N4O2. The minimum Gasteiger partial charge on any atom is -0.497 e. The number of hydrogen-bond acceptors (Lipinski definition) is 4. The molecule has 30 heavy (non-hydrogen) atoms. The van der Waals surface area contributed by atoms with Crippen molar-refractivity contribution in [2.75, 3.05) is 12.4 Å². The maximum Gasteiger partial charge on any atom is 0.295 e. The second kappa shape index (κ2) is 8.21. The van der Waals surface area contributed by atoms with Gasteiger partial charge in [0.25, 0.3) is 5.91 Å². The van der Waals surface area contributed by atoms with Crippen LogP contribution in [0.2, 0.25) is 0 Å². The monoisotopic (exact) mass is 398 g/mol. The molecule has 4 rings (SSSR count).